The van der Waals surface area contributed by atoms with Gasteiger partial charge in [-0.25, -0.2) is 0 Å². The minimum absolute atomic E-state index is 0.0625. The first-order valence-corrected chi connectivity index (χ1v) is 5.18. The van der Waals surface area contributed by atoms with Crippen LogP contribution in [0.2, 0.25) is 0 Å². The molecule has 0 fully saturated rings. The van der Waals surface area contributed by atoms with E-state index in [0.717, 1.165) is 12.0 Å². The van der Waals surface area contributed by atoms with E-state index in [1.807, 2.05) is 37.3 Å². The maximum absolute atomic E-state index is 11.2. The summed E-state index contributed by atoms with van der Waals surface area (Å²) in [6, 6.07) is 9.28. The van der Waals surface area contributed by atoms with Crippen molar-refractivity contribution < 1.29 is 9.90 Å². The van der Waals surface area contributed by atoms with E-state index in [1.54, 1.807) is 0 Å². The summed E-state index contributed by atoms with van der Waals surface area (Å²) in [5.74, 6) is 0.0625. The molecule has 1 unspecified atom stereocenters. The van der Waals surface area contributed by atoms with Crippen molar-refractivity contribution in [3.05, 3.63) is 48.0 Å². The van der Waals surface area contributed by atoms with Crippen molar-refractivity contribution in [2.24, 2.45) is 0 Å². The molecule has 0 saturated heterocycles. The maximum Gasteiger partial charge on any atom is 0.155 e. The molecule has 0 heterocycles. The second-order valence-electron chi connectivity index (χ2n) is 3.43. The summed E-state index contributed by atoms with van der Waals surface area (Å²) in [5.41, 5.74) is 0.804. The van der Waals surface area contributed by atoms with Crippen molar-refractivity contribution in [2.45, 2.75) is 25.9 Å². The van der Waals surface area contributed by atoms with Crippen molar-refractivity contribution in [3.8, 4) is 0 Å². The third-order valence-corrected chi connectivity index (χ3v) is 2.10. The summed E-state index contributed by atoms with van der Waals surface area (Å²) in [7, 11) is 0. The lowest BCUT2D eigenvalue weighted by molar-refractivity contribution is -0.114. The van der Waals surface area contributed by atoms with Gasteiger partial charge in [-0.3, -0.25) is 4.79 Å². The fraction of sp³-hybridized carbons (Fsp3) is 0.308. The molecule has 0 aliphatic carbocycles. The van der Waals surface area contributed by atoms with Crippen LogP contribution in [0.1, 0.15) is 31.4 Å². The van der Waals surface area contributed by atoms with Gasteiger partial charge in [-0.2, -0.15) is 0 Å². The highest BCUT2D eigenvalue weighted by atomic mass is 16.3. The van der Waals surface area contributed by atoms with E-state index in [1.165, 1.54) is 12.2 Å². The molecule has 1 N–H and O–H groups in total. The lowest BCUT2D eigenvalue weighted by Crippen LogP contribution is -1.95. The monoisotopic (exact) mass is 204 g/mol. The SMILES string of the molecule is CCCC(=O)/C=C/C(O)c1ccccc1. The minimum atomic E-state index is -0.688. The first-order valence-electron chi connectivity index (χ1n) is 5.18. The number of hydrogen-bond donors (Lipinski definition) is 1. The Bertz CT molecular complexity index is 328. The third-order valence-electron chi connectivity index (χ3n) is 2.10. The molecule has 0 aromatic heterocycles. The summed E-state index contributed by atoms with van der Waals surface area (Å²) in [6.07, 6.45) is 3.68. The molecule has 1 atom stereocenters. The summed E-state index contributed by atoms with van der Waals surface area (Å²) >= 11 is 0. The largest absolute Gasteiger partial charge is 0.384 e. The number of ketones is 1. The van der Waals surface area contributed by atoms with Crippen LogP contribution in [0.15, 0.2) is 42.5 Å². The van der Waals surface area contributed by atoms with Gasteiger partial charge in [0.05, 0.1) is 6.10 Å². The molecule has 80 valence electrons. The van der Waals surface area contributed by atoms with Crippen LogP contribution in [0.4, 0.5) is 0 Å². The second kappa shape index (κ2) is 6.14. The van der Waals surface area contributed by atoms with Crippen LogP contribution < -0.4 is 0 Å². The van der Waals surface area contributed by atoms with E-state index in [-0.39, 0.29) is 5.78 Å². The van der Waals surface area contributed by atoms with Crippen LogP contribution >= 0.6 is 0 Å². The zero-order valence-corrected chi connectivity index (χ0v) is 8.89. The van der Waals surface area contributed by atoms with Gasteiger partial charge >= 0.3 is 0 Å². The highest BCUT2D eigenvalue weighted by Gasteiger charge is 2.02. The lowest BCUT2D eigenvalue weighted by atomic mass is 10.1. The third kappa shape index (κ3) is 4.09. The summed E-state index contributed by atoms with van der Waals surface area (Å²) in [5, 5.41) is 9.70. The van der Waals surface area contributed by atoms with Gasteiger partial charge in [0.2, 0.25) is 0 Å². The summed E-state index contributed by atoms with van der Waals surface area (Å²) in [6.45, 7) is 1.96. The minimum Gasteiger partial charge on any atom is -0.384 e. The van der Waals surface area contributed by atoms with E-state index in [0.29, 0.717) is 6.42 Å². The van der Waals surface area contributed by atoms with Crippen molar-refractivity contribution in [1.29, 1.82) is 0 Å². The maximum atomic E-state index is 11.2. The Balaban J connectivity index is 2.56. The first kappa shape index (κ1) is 11.7. The molecule has 0 bridgehead atoms. The Kier molecular flexibility index (Phi) is 4.78. The molecule has 1 aromatic carbocycles. The van der Waals surface area contributed by atoms with Gasteiger partial charge in [-0.05, 0) is 24.1 Å². The standard InChI is InChI=1S/C13H16O2/c1-2-6-12(14)9-10-13(15)11-7-4-3-5-8-11/h3-5,7-10,13,15H,2,6H2,1H3/b10-9+. The normalized spacial score (nSPS) is 12.9. The molecule has 0 saturated carbocycles. The lowest BCUT2D eigenvalue weighted by Gasteiger charge is -2.04. The highest BCUT2D eigenvalue weighted by molar-refractivity contribution is 5.89. The van der Waals surface area contributed by atoms with Crippen LogP contribution in [0.25, 0.3) is 0 Å². The molecule has 2 nitrogen and oxygen atoms in total. The number of benzene rings is 1. The van der Waals surface area contributed by atoms with E-state index < -0.39 is 6.10 Å². The predicted molar refractivity (Wildman–Crippen MR) is 60.5 cm³/mol. The summed E-state index contributed by atoms with van der Waals surface area (Å²) < 4.78 is 0. The van der Waals surface area contributed by atoms with Crippen LogP contribution in [0, 0.1) is 0 Å². The topological polar surface area (TPSA) is 37.3 Å². The molecule has 1 rings (SSSR count). The Morgan fingerprint density at radius 3 is 2.67 bits per heavy atom. The number of rotatable bonds is 5. The van der Waals surface area contributed by atoms with Crippen LogP contribution in [0.5, 0.6) is 0 Å². The Labute approximate surface area is 90.3 Å². The second-order valence-corrected chi connectivity index (χ2v) is 3.43. The fourth-order valence-corrected chi connectivity index (χ4v) is 1.29. The molecule has 2 heteroatoms. The zero-order chi connectivity index (χ0) is 11.1. The van der Waals surface area contributed by atoms with Crippen LogP contribution in [-0.4, -0.2) is 10.9 Å². The van der Waals surface area contributed by atoms with E-state index in [9.17, 15) is 9.90 Å². The number of aliphatic hydroxyl groups excluding tert-OH is 1. The van der Waals surface area contributed by atoms with Crippen LogP contribution in [-0.2, 0) is 4.79 Å². The van der Waals surface area contributed by atoms with Crippen molar-refractivity contribution >= 4 is 5.78 Å². The van der Waals surface area contributed by atoms with Crippen molar-refractivity contribution in [1.82, 2.24) is 0 Å². The van der Waals surface area contributed by atoms with E-state index in [4.69, 9.17) is 0 Å². The summed E-state index contributed by atoms with van der Waals surface area (Å²) in [4.78, 5) is 11.2. The molecule has 15 heavy (non-hydrogen) atoms. The number of allylic oxidation sites excluding steroid dienone is 1. The molecule has 0 aliphatic heterocycles. The number of carbonyl (C=O) groups excluding carboxylic acids is 1. The Morgan fingerprint density at radius 1 is 1.40 bits per heavy atom. The van der Waals surface area contributed by atoms with Gasteiger partial charge in [0.25, 0.3) is 0 Å². The van der Waals surface area contributed by atoms with Crippen LogP contribution in [0.3, 0.4) is 0 Å². The molecule has 1 aromatic rings. The quantitative estimate of drug-likeness (QED) is 0.749. The molecule has 0 radical (unpaired) electrons. The van der Waals surface area contributed by atoms with E-state index >= 15 is 0 Å². The Hall–Kier alpha value is -1.41. The predicted octanol–water partition coefficient (Wildman–Crippen LogP) is 2.65. The zero-order valence-electron chi connectivity index (χ0n) is 8.89. The van der Waals surface area contributed by atoms with Gasteiger partial charge in [0.15, 0.2) is 5.78 Å². The van der Waals surface area contributed by atoms with E-state index in [2.05, 4.69) is 0 Å². The molecule has 0 aliphatic rings. The molecule has 0 spiro atoms. The molecule has 0 amide bonds. The average molecular weight is 204 g/mol. The first-order chi connectivity index (χ1) is 7.24. The van der Waals surface area contributed by atoms with Gasteiger partial charge in [-0.15, -0.1) is 0 Å². The van der Waals surface area contributed by atoms with Crippen molar-refractivity contribution in [3.63, 3.8) is 0 Å². The van der Waals surface area contributed by atoms with Gasteiger partial charge in [0, 0.05) is 6.42 Å². The molecular weight excluding hydrogens is 188 g/mol. The van der Waals surface area contributed by atoms with Gasteiger partial charge in [0.1, 0.15) is 0 Å². The van der Waals surface area contributed by atoms with Crippen molar-refractivity contribution in [2.75, 3.05) is 0 Å². The number of aliphatic hydroxyl groups is 1. The molecular formula is C13H16O2. The average Bonchev–Trinajstić information content (AvgIpc) is 2.27. The number of carbonyl (C=O) groups is 1. The highest BCUT2D eigenvalue weighted by Crippen LogP contribution is 2.13. The smallest absolute Gasteiger partial charge is 0.155 e. The number of hydrogen-bond acceptors (Lipinski definition) is 2. The fourth-order valence-electron chi connectivity index (χ4n) is 1.29. The van der Waals surface area contributed by atoms with Gasteiger partial charge in [-0.1, -0.05) is 37.3 Å². The Morgan fingerprint density at radius 2 is 2.07 bits per heavy atom. The van der Waals surface area contributed by atoms with Gasteiger partial charge < -0.3 is 5.11 Å².